The van der Waals surface area contributed by atoms with Crippen LogP contribution in [0, 0.1) is 6.92 Å². The highest BCUT2D eigenvalue weighted by molar-refractivity contribution is 7.89. The average Bonchev–Trinajstić information content (AvgIpc) is 2.80. The molecule has 10 heteroatoms. The number of phenols is 1. The van der Waals surface area contributed by atoms with Crippen molar-refractivity contribution in [3.8, 4) is 5.75 Å². The number of nitrogens with one attached hydrogen (secondary N) is 1. The van der Waals surface area contributed by atoms with Crippen LogP contribution in [-0.2, 0) is 34.4 Å². The summed E-state index contributed by atoms with van der Waals surface area (Å²) in [7, 11) is -4.22. The Morgan fingerprint density at radius 2 is 1.59 bits per heavy atom. The molecule has 0 heterocycles. The first-order valence-electron chi connectivity index (χ1n) is 11.5. The van der Waals surface area contributed by atoms with Gasteiger partial charge in [0.25, 0.3) is 0 Å². The van der Waals surface area contributed by atoms with E-state index in [0.717, 1.165) is 16.7 Å². The van der Waals surface area contributed by atoms with Gasteiger partial charge in [-0.2, -0.15) is 4.31 Å². The number of aryl methyl sites for hydroxylation is 1. The Hall–Kier alpha value is -2.78. The van der Waals surface area contributed by atoms with Gasteiger partial charge in [0.05, 0.1) is 5.02 Å². The molecule has 1 amide bonds. The number of carbonyl (C=O) groups excluding carboxylic acids is 1. The maximum Gasteiger partial charge on any atom is 0.407 e. The van der Waals surface area contributed by atoms with Crippen molar-refractivity contribution in [3.63, 3.8) is 0 Å². The van der Waals surface area contributed by atoms with E-state index in [4.69, 9.17) is 27.9 Å². The van der Waals surface area contributed by atoms with Crippen LogP contribution in [0.25, 0.3) is 0 Å². The number of hydrogen-bond acceptors (Lipinski definition) is 5. The molecule has 3 rings (SSSR count). The van der Waals surface area contributed by atoms with Gasteiger partial charge < -0.3 is 15.2 Å². The van der Waals surface area contributed by atoms with Crippen molar-refractivity contribution in [1.82, 2.24) is 9.62 Å². The molecule has 0 saturated carbocycles. The lowest BCUT2D eigenvalue weighted by molar-refractivity contribution is 0.0523. The first kappa shape index (κ1) is 28.8. The highest BCUT2D eigenvalue weighted by Crippen LogP contribution is 2.36. The molecule has 3 aromatic rings. The molecule has 0 aromatic heterocycles. The molecule has 0 aliphatic rings. The van der Waals surface area contributed by atoms with E-state index in [1.165, 1.54) is 16.4 Å². The molecule has 0 bridgehead atoms. The molecule has 0 atom stereocenters. The van der Waals surface area contributed by atoms with Gasteiger partial charge in [0.2, 0.25) is 10.0 Å². The first-order chi connectivity index (χ1) is 17.2. The van der Waals surface area contributed by atoms with Crippen LogP contribution < -0.4 is 5.32 Å². The van der Waals surface area contributed by atoms with Crippen molar-refractivity contribution in [2.75, 3.05) is 0 Å². The van der Waals surface area contributed by atoms with Crippen LogP contribution in [-0.4, -0.2) is 29.5 Å². The van der Waals surface area contributed by atoms with E-state index in [2.05, 4.69) is 5.32 Å². The summed E-state index contributed by atoms with van der Waals surface area (Å²) in [4.78, 5) is 11.7. The van der Waals surface area contributed by atoms with Crippen LogP contribution >= 0.6 is 23.2 Å². The maximum atomic E-state index is 13.7. The number of nitrogens with zero attached hydrogens (tertiary/aromatic N) is 1. The van der Waals surface area contributed by atoms with Crippen molar-refractivity contribution in [2.24, 2.45) is 0 Å². The van der Waals surface area contributed by atoms with Crippen LogP contribution in [0.3, 0.4) is 0 Å². The van der Waals surface area contributed by atoms with Gasteiger partial charge in [-0.25, -0.2) is 13.2 Å². The third kappa shape index (κ3) is 8.10. The Balaban J connectivity index is 1.91. The van der Waals surface area contributed by atoms with Crippen molar-refractivity contribution >= 4 is 39.3 Å². The lowest BCUT2D eigenvalue weighted by Gasteiger charge is -2.24. The summed E-state index contributed by atoms with van der Waals surface area (Å²) < 4.78 is 34.0. The molecule has 198 valence electrons. The van der Waals surface area contributed by atoms with E-state index < -0.39 is 27.5 Å². The van der Waals surface area contributed by atoms with Gasteiger partial charge in [-0.15, -0.1) is 0 Å². The molecule has 0 saturated heterocycles. The number of benzene rings is 3. The summed E-state index contributed by atoms with van der Waals surface area (Å²) >= 11 is 12.1. The van der Waals surface area contributed by atoms with Crippen molar-refractivity contribution in [3.05, 3.63) is 93.0 Å². The third-order valence-electron chi connectivity index (χ3n) is 5.28. The third-order valence-corrected chi connectivity index (χ3v) is 7.59. The number of halogens is 2. The summed E-state index contributed by atoms with van der Waals surface area (Å²) in [5, 5.41) is 13.1. The van der Waals surface area contributed by atoms with E-state index in [1.54, 1.807) is 39.0 Å². The zero-order chi connectivity index (χ0) is 27.4. The maximum absolute atomic E-state index is 13.7. The Bertz CT molecular complexity index is 1370. The Morgan fingerprint density at radius 3 is 2.24 bits per heavy atom. The van der Waals surface area contributed by atoms with Crippen LogP contribution in [0.4, 0.5) is 4.79 Å². The van der Waals surface area contributed by atoms with Gasteiger partial charge in [0.1, 0.15) is 10.5 Å². The zero-order valence-corrected chi connectivity index (χ0v) is 23.4. The molecule has 0 spiro atoms. The fourth-order valence-electron chi connectivity index (χ4n) is 3.53. The van der Waals surface area contributed by atoms with Crippen LogP contribution in [0.2, 0.25) is 10.0 Å². The number of alkyl carbamates (subject to hydrolysis) is 1. The summed E-state index contributed by atoms with van der Waals surface area (Å²) in [6, 6.07) is 17.2. The summed E-state index contributed by atoms with van der Waals surface area (Å²) in [6.07, 6.45) is -0.546. The highest BCUT2D eigenvalue weighted by Gasteiger charge is 2.29. The second kappa shape index (κ2) is 11.7. The molecule has 0 aliphatic carbocycles. The predicted molar refractivity (Wildman–Crippen MR) is 145 cm³/mol. The lowest BCUT2D eigenvalue weighted by atomic mass is 10.1. The number of phenolic OH excluding ortho intramolecular Hbond substituents is 1. The fourth-order valence-corrected chi connectivity index (χ4v) is 5.69. The van der Waals surface area contributed by atoms with Gasteiger partial charge in [0, 0.05) is 24.7 Å². The highest BCUT2D eigenvalue weighted by atomic mass is 35.5. The zero-order valence-electron chi connectivity index (χ0n) is 21.1. The normalized spacial score (nSPS) is 12.0. The molecule has 3 aromatic carbocycles. The Morgan fingerprint density at radius 1 is 0.973 bits per heavy atom. The van der Waals surface area contributed by atoms with Gasteiger partial charge in [-0.3, -0.25) is 0 Å². The van der Waals surface area contributed by atoms with E-state index in [-0.39, 0.29) is 34.6 Å². The molecule has 2 N–H and O–H groups in total. The molecule has 0 aliphatic heterocycles. The second-order valence-electron chi connectivity index (χ2n) is 9.67. The molecule has 37 heavy (non-hydrogen) atoms. The number of amides is 1. The van der Waals surface area contributed by atoms with Gasteiger partial charge >= 0.3 is 6.09 Å². The number of carbonyl (C=O) groups is 1. The van der Waals surface area contributed by atoms with Crippen LogP contribution in [0.1, 0.15) is 43.0 Å². The minimum atomic E-state index is -4.22. The molecular formula is C27H30Cl2N2O5S. The standard InChI is InChI=1S/C27H30Cl2N2O5S/c1-18-8-10-19(11-9-18)16-31(37(34,35)24-14-22(28)13-23(29)25(24)32)17-21-7-5-6-20(12-21)15-30-26(33)36-27(2,3)4/h5-14,32H,15-17H2,1-4H3,(H,30,33). The van der Waals surface area contributed by atoms with E-state index in [9.17, 15) is 18.3 Å². The van der Waals surface area contributed by atoms with Gasteiger partial charge in [0.15, 0.2) is 5.75 Å². The SMILES string of the molecule is Cc1ccc(CN(Cc2cccc(CNC(=O)OC(C)(C)C)c2)S(=O)(=O)c2cc(Cl)cc(Cl)c2O)cc1. The number of rotatable bonds is 8. The quantitative estimate of drug-likeness (QED) is 0.329. The van der Waals surface area contributed by atoms with Gasteiger partial charge in [-0.1, -0.05) is 77.3 Å². The van der Waals surface area contributed by atoms with E-state index in [1.807, 2.05) is 37.3 Å². The van der Waals surface area contributed by atoms with E-state index in [0.29, 0.717) is 5.56 Å². The van der Waals surface area contributed by atoms with Gasteiger partial charge in [-0.05, 0) is 56.5 Å². The minimum absolute atomic E-state index is 0.0000592. The summed E-state index contributed by atoms with van der Waals surface area (Å²) in [6.45, 7) is 7.54. The number of sulfonamides is 1. The van der Waals surface area contributed by atoms with Crippen molar-refractivity contribution in [2.45, 2.75) is 57.8 Å². The molecule has 0 fully saturated rings. The molecular weight excluding hydrogens is 535 g/mol. The van der Waals surface area contributed by atoms with Crippen molar-refractivity contribution in [1.29, 1.82) is 0 Å². The van der Waals surface area contributed by atoms with Crippen LogP contribution in [0.15, 0.2) is 65.6 Å². The smallest absolute Gasteiger partial charge is 0.407 e. The number of ether oxygens (including phenoxy) is 1. The number of aromatic hydroxyl groups is 1. The monoisotopic (exact) mass is 564 g/mol. The molecule has 7 nitrogen and oxygen atoms in total. The lowest BCUT2D eigenvalue weighted by Crippen LogP contribution is -2.32. The molecule has 0 unspecified atom stereocenters. The summed E-state index contributed by atoms with van der Waals surface area (Å²) in [5.74, 6) is -0.560. The second-order valence-corrected chi connectivity index (χ2v) is 12.4. The van der Waals surface area contributed by atoms with Crippen LogP contribution in [0.5, 0.6) is 5.75 Å². The number of hydrogen-bond donors (Lipinski definition) is 2. The molecule has 0 radical (unpaired) electrons. The first-order valence-corrected chi connectivity index (χ1v) is 13.7. The predicted octanol–water partition coefficient (Wildman–Crippen LogP) is 6.42. The minimum Gasteiger partial charge on any atom is -0.505 e. The topological polar surface area (TPSA) is 95.9 Å². The Kier molecular flexibility index (Phi) is 9.13. The van der Waals surface area contributed by atoms with E-state index >= 15 is 0 Å². The largest absolute Gasteiger partial charge is 0.505 e. The summed E-state index contributed by atoms with van der Waals surface area (Å²) in [5.41, 5.74) is 2.65. The average molecular weight is 566 g/mol. The fraction of sp³-hybridized carbons (Fsp3) is 0.296. The Labute approximate surface area is 228 Å². The van der Waals surface area contributed by atoms with Crippen molar-refractivity contribution < 1.29 is 23.1 Å².